The Bertz CT molecular complexity index is 441. The molecule has 0 saturated heterocycles. The van der Waals surface area contributed by atoms with Crippen molar-refractivity contribution in [3.63, 3.8) is 0 Å². The third kappa shape index (κ3) is 3.14. The first-order valence-corrected chi connectivity index (χ1v) is 7.95. The number of amides is 1. The van der Waals surface area contributed by atoms with E-state index in [1.54, 1.807) is 0 Å². The maximum absolute atomic E-state index is 12.2. The molecule has 0 radical (unpaired) electrons. The van der Waals surface area contributed by atoms with Crippen LogP contribution in [0, 0.1) is 5.92 Å². The Balaban J connectivity index is 1.42. The van der Waals surface area contributed by atoms with Crippen molar-refractivity contribution >= 4 is 11.6 Å². The third-order valence-corrected chi connectivity index (χ3v) is 4.66. The minimum absolute atomic E-state index is 0.0845. The van der Waals surface area contributed by atoms with Gasteiger partial charge in [0.1, 0.15) is 6.04 Å². The Morgan fingerprint density at radius 2 is 2.00 bits per heavy atom. The number of rotatable bonds is 4. The zero-order valence-electron chi connectivity index (χ0n) is 12.0. The zero-order chi connectivity index (χ0) is 13.8. The number of carbonyl (C=O) groups is 1. The molecule has 1 fully saturated rings. The summed E-state index contributed by atoms with van der Waals surface area (Å²) < 4.78 is 0. The van der Waals surface area contributed by atoms with E-state index in [-0.39, 0.29) is 11.9 Å². The lowest BCUT2D eigenvalue weighted by molar-refractivity contribution is -0.121. The van der Waals surface area contributed by atoms with Crippen molar-refractivity contribution in [2.75, 3.05) is 11.9 Å². The molecule has 2 aliphatic rings. The molecule has 1 atom stereocenters. The predicted octanol–water partition coefficient (Wildman–Crippen LogP) is 3.11. The Morgan fingerprint density at radius 3 is 2.80 bits per heavy atom. The SMILES string of the molecule is O=C(NCCC1CCCCC1)C1Cc2ccccc2N1. The summed E-state index contributed by atoms with van der Waals surface area (Å²) in [5.41, 5.74) is 2.36. The molecular formula is C17H24N2O. The van der Waals surface area contributed by atoms with E-state index in [0.29, 0.717) is 0 Å². The third-order valence-electron chi connectivity index (χ3n) is 4.66. The van der Waals surface area contributed by atoms with E-state index in [9.17, 15) is 4.79 Å². The van der Waals surface area contributed by atoms with Crippen molar-refractivity contribution < 1.29 is 4.79 Å². The van der Waals surface area contributed by atoms with Gasteiger partial charge in [-0.25, -0.2) is 0 Å². The van der Waals surface area contributed by atoms with Gasteiger partial charge in [-0.15, -0.1) is 0 Å². The van der Waals surface area contributed by atoms with Crippen molar-refractivity contribution in [3.05, 3.63) is 29.8 Å². The van der Waals surface area contributed by atoms with Crippen molar-refractivity contribution in [1.29, 1.82) is 0 Å². The molecule has 20 heavy (non-hydrogen) atoms. The van der Waals surface area contributed by atoms with Crippen LogP contribution in [0.4, 0.5) is 5.69 Å². The van der Waals surface area contributed by atoms with Gasteiger partial charge in [0.25, 0.3) is 0 Å². The molecule has 1 saturated carbocycles. The fraction of sp³-hybridized carbons (Fsp3) is 0.588. The van der Waals surface area contributed by atoms with E-state index in [4.69, 9.17) is 0 Å². The van der Waals surface area contributed by atoms with E-state index >= 15 is 0 Å². The Morgan fingerprint density at radius 1 is 1.20 bits per heavy atom. The molecule has 1 aliphatic carbocycles. The van der Waals surface area contributed by atoms with Gasteiger partial charge in [-0.1, -0.05) is 50.3 Å². The normalized spacial score (nSPS) is 22.1. The Kier molecular flexibility index (Phi) is 4.24. The van der Waals surface area contributed by atoms with Gasteiger partial charge < -0.3 is 10.6 Å². The maximum atomic E-state index is 12.2. The lowest BCUT2D eigenvalue weighted by Gasteiger charge is -2.21. The number of nitrogens with one attached hydrogen (secondary N) is 2. The van der Waals surface area contributed by atoms with Crippen LogP contribution >= 0.6 is 0 Å². The number of hydrogen-bond donors (Lipinski definition) is 2. The average Bonchev–Trinajstić information content (AvgIpc) is 2.92. The highest BCUT2D eigenvalue weighted by Gasteiger charge is 2.26. The van der Waals surface area contributed by atoms with Crippen LogP contribution in [0.1, 0.15) is 44.1 Å². The van der Waals surface area contributed by atoms with Gasteiger partial charge in [0.2, 0.25) is 5.91 Å². The van der Waals surface area contributed by atoms with Gasteiger partial charge in [0.15, 0.2) is 0 Å². The molecule has 3 nitrogen and oxygen atoms in total. The average molecular weight is 272 g/mol. The van der Waals surface area contributed by atoms with Gasteiger partial charge in [0, 0.05) is 18.7 Å². The van der Waals surface area contributed by atoms with Crippen LogP contribution in [-0.2, 0) is 11.2 Å². The quantitative estimate of drug-likeness (QED) is 0.884. The van der Waals surface area contributed by atoms with Crippen molar-refractivity contribution in [2.45, 2.75) is 51.0 Å². The van der Waals surface area contributed by atoms with Crippen LogP contribution in [0.15, 0.2) is 24.3 Å². The first-order valence-electron chi connectivity index (χ1n) is 7.95. The van der Waals surface area contributed by atoms with Crippen molar-refractivity contribution in [3.8, 4) is 0 Å². The molecule has 0 spiro atoms. The van der Waals surface area contributed by atoms with Gasteiger partial charge >= 0.3 is 0 Å². The van der Waals surface area contributed by atoms with Gasteiger partial charge in [-0.2, -0.15) is 0 Å². The van der Waals surface area contributed by atoms with Crippen LogP contribution in [-0.4, -0.2) is 18.5 Å². The summed E-state index contributed by atoms with van der Waals surface area (Å²) >= 11 is 0. The molecule has 3 heteroatoms. The van der Waals surface area contributed by atoms with E-state index < -0.39 is 0 Å². The predicted molar refractivity (Wildman–Crippen MR) is 81.8 cm³/mol. The first kappa shape index (κ1) is 13.5. The summed E-state index contributed by atoms with van der Waals surface area (Å²) in [5.74, 6) is 0.981. The summed E-state index contributed by atoms with van der Waals surface area (Å²) in [6.07, 6.45) is 8.80. The number of fused-ring (bicyclic) bond motifs is 1. The minimum atomic E-state index is -0.0845. The number of para-hydroxylation sites is 1. The second-order valence-electron chi connectivity index (χ2n) is 6.14. The molecule has 3 rings (SSSR count). The fourth-order valence-corrected chi connectivity index (χ4v) is 3.45. The van der Waals surface area contributed by atoms with E-state index in [1.807, 2.05) is 18.2 Å². The second kappa shape index (κ2) is 6.29. The second-order valence-corrected chi connectivity index (χ2v) is 6.14. The molecule has 1 unspecified atom stereocenters. The van der Waals surface area contributed by atoms with Crippen LogP contribution in [0.3, 0.4) is 0 Å². The van der Waals surface area contributed by atoms with E-state index in [2.05, 4.69) is 16.7 Å². The highest BCUT2D eigenvalue weighted by atomic mass is 16.2. The molecule has 1 amide bonds. The summed E-state index contributed by atoms with van der Waals surface area (Å²) in [6.45, 7) is 0.831. The largest absolute Gasteiger partial charge is 0.373 e. The number of hydrogen-bond acceptors (Lipinski definition) is 2. The standard InChI is InChI=1S/C17H24N2O/c20-17(18-11-10-13-6-2-1-3-7-13)16-12-14-8-4-5-9-15(14)19-16/h4-5,8-9,13,16,19H,1-3,6-7,10-12H2,(H,18,20). The molecule has 108 valence electrons. The molecule has 2 N–H and O–H groups in total. The summed E-state index contributed by atoms with van der Waals surface area (Å²) in [6, 6.07) is 8.10. The topological polar surface area (TPSA) is 41.1 Å². The van der Waals surface area contributed by atoms with E-state index in [1.165, 1.54) is 37.7 Å². The molecule has 0 aromatic heterocycles. The fourth-order valence-electron chi connectivity index (χ4n) is 3.45. The molecule has 1 aromatic carbocycles. The van der Waals surface area contributed by atoms with Crippen LogP contribution < -0.4 is 10.6 Å². The maximum Gasteiger partial charge on any atom is 0.242 e. The summed E-state index contributed by atoms with van der Waals surface area (Å²) in [4.78, 5) is 12.2. The zero-order valence-corrected chi connectivity index (χ0v) is 12.0. The molecule has 1 aliphatic heterocycles. The number of anilines is 1. The molecule has 1 aromatic rings. The van der Waals surface area contributed by atoms with Crippen molar-refractivity contribution in [2.24, 2.45) is 5.92 Å². The number of benzene rings is 1. The molecule has 1 heterocycles. The van der Waals surface area contributed by atoms with Gasteiger partial charge in [-0.05, 0) is 24.0 Å². The highest BCUT2D eigenvalue weighted by Crippen LogP contribution is 2.26. The molecule has 0 bridgehead atoms. The lowest BCUT2D eigenvalue weighted by atomic mass is 9.87. The minimum Gasteiger partial charge on any atom is -0.373 e. The first-order chi connectivity index (χ1) is 9.83. The van der Waals surface area contributed by atoms with E-state index in [0.717, 1.165) is 31.0 Å². The lowest BCUT2D eigenvalue weighted by Crippen LogP contribution is -2.39. The summed E-state index contributed by atoms with van der Waals surface area (Å²) in [7, 11) is 0. The Labute approximate surface area is 121 Å². The summed E-state index contributed by atoms with van der Waals surface area (Å²) in [5, 5.41) is 6.42. The van der Waals surface area contributed by atoms with Crippen LogP contribution in [0.25, 0.3) is 0 Å². The van der Waals surface area contributed by atoms with Gasteiger partial charge in [0.05, 0.1) is 0 Å². The van der Waals surface area contributed by atoms with Crippen LogP contribution in [0.2, 0.25) is 0 Å². The van der Waals surface area contributed by atoms with Gasteiger partial charge in [-0.3, -0.25) is 4.79 Å². The molecular weight excluding hydrogens is 248 g/mol. The number of carbonyl (C=O) groups excluding carboxylic acids is 1. The Hall–Kier alpha value is -1.51. The van der Waals surface area contributed by atoms with Crippen molar-refractivity contribution in [1.82, 2.24) is 5.32 Å². The smallest absolute Gasteiger partial charge is 0.242 e. The highest BCUT2D eigenvalue weighted by molar-refractivity contribution is 5.87. The van der Waals surface area contributed by atoms with Crippen LogP contribution in [0.5, 0.6) is 0 Å². The monoisotopic (exact) mass is 272 g/mol.